The molecular weight excluding hydrogens is 240 g/mol. The van der Waals surface area contributed by atoms with Gasteiger partial charge in [0.15, 0.2) is 0 Å². The van der Waals surface area contributed by atoms with Gasteiger partial charge in [-0.25, -0.2) is 4.79 Å². The van der Waals surface area contributed by atoms with Crippen molar-refractivity contribution in [1.82, 2.24) is 10.2 Å². The van der Waals surface area contributed by atoms with Gasteiger partial charge in [-0.05, 0) is 5.92 Å². The normalized spacial score (nSPS) is 22.7. The van der Waals surface area contributed by atoms with E-state index < -0.39 is 5.97 Å². The molecule has 0 saturated carbocycles. The van der Waals surface area contributed by atoms with E-state index in [0.717, 1.165) is 0 Å². The van der Waals surface area contributed by atoms with Gasteiger partial charge in [0.1, 0.15) is 0 Å². The average Bonchev–Trinajstić information content (AvgIpc) is 2.70. The molecule has 18 heavy (non-hydrogen) atoms. The summed E-state index contributed by atoms with van der Waals surface area (Å²) in [4.78, 5) is 35.0. The van der Waals surface area contributed by atoms with Crippen LogP contribution in [0.4, 0.5) is 4.79 Å². The summed E-state index contributed by atoms with van der Waals surface area (Å²) in [6.07, 6.45) is -0.116. The molecule has 0 bridgehead atoms. The van der Waals surface area contributed by atoms with Crippen LogP contribution in [-0.4, -0.2) is 54.7 Å². The lowest BCUT2D eigenvalue weighted by atomic mass is 9.99. The maximum absolute atomic E-state index is 11.7. The van der Waals surface area contributed by atoms with Crippen molar-refractivity contribution in [3.05, 3.63) is 0 Å². The monoisotopic (exact) mass is 258 g/mol. The molecule has 0 aromatic rings. The minimum Gasteiger partial charge on any atom is -0.481 e. The average molecular weight is 258 g/mol. The number of carbonyl (C=O) groups is 3. The first-order valence-electron chi connectivity index (χ1n) is 5.78. The number of methoxy groups -OCH3 is 1. The van der Waals surface area contributed by atoms with Gasteiger partial charge in [0.25, 0.3) is 0 Å². The maximum Gasteiger partial charge on any atom is 0.317 e. The number of hydrogen-bond donors (Lipinski definition) is 2. The van der Waals surface area contributed by atoms with Crippen LogP contribution in [0.1, 0.15) is 13.3 Å². The van der Waals surface area contributed by atoms with Gasteiger partial charge in [0, 0.05) is 19.6 Å². The minimum absolute atomic E-state index is 0.0441. The highest BCUT2D eigenvalue weighted by Gasteiger charge is 2.37. The van der Waals surface area contributed by atoms with Crippen LogP contribution < -0.4 is 5.32 Å². The topological polar surface area (TPSA) is 95.9 Å². The molecule has 102 valence electrons. The van der Waals surface area contributed by atoms with Crippen molar-refractivity contribution in [3.63, 3.8) is 0 Å². The summed E-state index contributed by atoms with van der Waals surface area (Å²) in [6, 6.07) is -0.338. The third-order valence-corrected chi connectivity index (χ3v) is 3.02. The summed E-state index contributed by atoms with van der Waals surface area (Å²) in [7, 11) is 1.32. The van der Waals surface area contributed by atoms with Crippen LogP contribution in [0, 0.1) is 11.8 Å². The van der Waals surface area contributed by atoms with E-state index in [1.807, 2.05) is 6.92 Å². The molecule has 2 atom stereocenters. The van der Waals surface area contributed by atoms with Gasteiger partial charge in [-0.3, -0.25) is 9.59 Å². The Hall–Kier alpha value is -1.79. The van der Waals surface area contributed by atoms with Crippen molar-refractivity contribution < 1.29 is 24.2 Å². The fourth-order valence-corrected chi connectivity index (χ4v) is 1.98. The Labute approximate surface area is 105 Å². The van der Waals surface area contributed by atoms with E-state index in [4.69, 9.17) is 5.11 Å². The predicted molar refractivity (Wildman–Crippen MR) is 61.9 cm³/mol. The zero-order chi connectivity index (χ0) is 13.7. The largest absolute Gasteiger partial charge is 0.481 e. The Morgan fingerprint density at radius 2 is 2.06 bits per heavy atom. The van der Waals surface area contributed by atoms with E-state index in [-0.39, 0.29) is 36.8 Å². The zero-order valence-electron chi connectivity index (χ0n) is 10.5. The lowest BCUT2D eigenvalue weighted by Crippen LogP contribution is -2.39. The summed E-state index contributed by atoms with van der Waals surface area (Å²) in [5.41, 5.74) is 0. The Balaban J connectivity index is 2.42. The number of hydrogen-bond acceptors (Lipinski definition) is 4. The van der Waals surface area contributed by atoms with Gasteiger partial charge >= 0.3 is 18.0 Å². The summed E-state index contributed by atoms with van der Waals surface area (Å²) in [6.45, 7) is 2.75. The van der Waals surface area contributed by atoms with Crippen molar-refractivity contribution in [2.45, 2.75) is 13.3 Å². The molecule has 1 saturated heterocycles. The maximum atomic E-state index is 11.7. The molecule has 7 heteroatoms. The Kier molecular flexibility index (Phi) is 4.94. The number of carboxylic acid groups (broad SMARTS) is 1. The van der Waals surface area contributed by atoms with Crippen molar-refractivity contribution >= 4 is 18.0 Å². The first kappa shape index (κ1) is 14.3. The van der Waals surface area contributed by atoms with E-state index >= 15 is 0 Å². The number of carboxylic acids is 1. The zero-order valence-corrected chi connectivity index (χ0v) is 10.5. The van der Waals surface area contributed by atoms with Gasteiger partial charge in [0.2, 0.25) is 0 Å². The number of nitrogens with one attached hydrogen (secondary N) is 1. The van der Waals surface area contributed by atoms with Crippen LogP contribution >= 0.6 is 0 Å². The van der Waals surface area contributed by atoms with Crippen LogP contribution in [0.2, 0.25) is 0 Å². The number of rotatable bonds is 4. The van der Waals surface area contributed by atoms with Gasteiger partial charge < -0.3 is 20.1 Å². The molecule has 2 N–H and O–H groups in total. The molecule has 0 aromatic heterocycles. The molecule has 2 unspecified atom stereocenters. The standard InChI is InChI=1S/C11H18N2O5/c1-7-5-13(6-8(7)10(16)18-2)11(17)12-4-3-9(14)15/h7-8H,3-6H2,1-2H3,(H,12,17)(H,14,15). The van der Waals surface area contributed by atoms with E-state index in [9.17, 15) is 14.4 Å². The summed E-state index contributed by atoms with van der Waals surface area (Å²) >= 11 is 0. The molecule has 1 fully saturated rings. The van der Waals surface area contributed by atoms with Crippen molar-refractivity contribution in [2.24, 2.45) is 11.8 Å². The van der Waals surface area contributed by atoms with Gasteiger partial charge in [-0.1, -0.05) is 6.92 Å². The highest BCUT2D eigenvalue weighted by atomic mass is 16.5. The van der Waals surface area contributed by atoms with Gasteiger partial charge in [0.05, 0.1) is 19.4 Å². The highest BCUT2D eigenvalue weighted by Crippen LogP contribution is 2.23. The number of likely N-dealkylation sites (tertiary alicyclic amines) is 1. The molecule has 1 rings (SSSR count). The number of carbonyl (C=O) groups excluding carboxylic acids is 2. The quantitative estimate of drug-likeness (QED) is 0.687. The van der Waals surface area contributed by atoms with Crippen LogP contribution in [0.25, 0.3) is 0 Å². The number of aliphatic carboxylic acids is 1. The molecule has 1 aliphatic rings. The summed E-state index contributed by atoms with van der Waals surface area (Å²) < 4.78 is 4.67. The predicted octanol–water partition coefficient (Wildman–Crippen LogP) is -0.0884. The Morgan fingerprint density at radius 1 is 1.39 bits per heavy atom. The lowest BCUT2D eigenvalue weighted by molar-refractivity contribution is -0.146. The molecule has 0 aromatic carbocycles. The summed E-state index contributed by atoms with van der Waals surface area (Å²) in [5.74, 6) is -1.54. The van der Waals surface area contributed by atoms with Crippen LogP contribution in [0.5, 0.6) is 0 Å². The smallest absolute Gasteiger partial charge is 0.317 e. The van der Waals surface area contributed by atoms with Crippen molar-refractivity contribution in [1.29, 1.82) is 0 Å². The number of ether oxygens (including phenoxy) is 1. The Morgan fingerprint density at radius 3 is 2.61 bits per heavy atom. The minimum atomic E-state index is -0.961. The Bertz CT molecular complexity index is 344. The number of amides is 2. The highest BCUT2D eigenvalue weighted by molar-refractivity contribution is 5.78. The first-order chi connectivity index (χ1) is 8.45. The van der Waals surface area contributed by atoms with Crippen molar-refractivity contribution in [3.8, 4) is 0 Å². The third kappa shape index (κ3) is 3.61. The second-order valence-corrected chi connectivity index (χ2v) is 4.39. The van der Waals surface area contributed by atoms with E-state index in [0.29, 0.717) is 13.1 Å². The van der Waals surface area contributed by atoms with Crippen LogP contribution in [0.3, 0.4) is 0 Å². The molecule has 0 aliphatic carbocycles. The van der Waals surface area contributed by atoms with Crippen LogP contribution in [0.15, 0.2) is 0 Å². The summed E-state index contributed by atoms with van der Waals surface area (Å²) in [5, 5.41) is 11.0. The van der Waals surface area contributed by atoms with E-state index in [1.165, 1.54) is 12.0 Å². The number of esters is 1. The molecule has 0 radical (unpaired) electrons. The second kappa shape index (κ2) is 6.23. The van der Waals surface area contributed by atoms with Crippen molar-refractivity contribution in [2.75, 3.05) is 26.7 Å². The first-order valence-corrected chi connectivity index (χ1v) is 5.78. The molecule has 7 nitrogen and oxygen atoms in total. The van der Waals surface area contributed by atoms with Gasteiger partial charge in [-0.2, -0.15) is 0 Å². The molecule has 2 amide bonds. The SMILES string of the molecule is COC(=O)C1CN(C(=O)NCCC(=O)O)CC1C. The second-order valence-electron chi connectivity index (χ2n) is 4.39. The lowest BCUT2D eigenvalue weighted by Gasteiger charge is -2.16. The number of urea groups is 1. The van der Waals surface area contributed by atoms with Gasteiger partial charge in [-0.15, -0.1) is 0 Å². The fourth-order valence-electron chi connectivity index (χ4n) is 1.98. The fraction of sp³-hybridized carbons (Fsp3) is 0.727. The molecule has 1 heterocycles. The third-order valence-electron chi connectivity index (χ3n) is 3.02. The molecular formula is C11H18N2O5. The van der Waals surface area contributed by atoms with Crippen LogP contribution in [-0.2, 0) is 14.3 Å². The van der Waals surface area contributed by atoms with E-state index in [2.05, 4.69) is 10.1 Å². The molecule has 0 spiro atoms. The molecule has 1 aliphatic heterocycles. The number of nitrogens with zero attached hydrogens (tertiary/aromatic N) is 1. The van der Waals surface area contributed by atoms with E-state index in [1.54, 1.807) is 0 Å².